The van der Waals surface area contributed by atoms with Crippen molar-refractivity contribution >= 4 is 84.0 Å². The third-order valence-corrected chi connectivity index (χ3v) is 13.1. The van der Waals surface area contributed by atoms with Gasteiger partial charge in [0.15, 0.2) is 17.5 Å². The highest BCUT2D eigenvalue weighted by Gasteiger charge is 2.50. The number of sulfonamides is 1. The van der Waals surface area contributed by atoms with Gasteiger partial charge in [0.2, 0.25) is 15.8 Å². The van der Waals surface area contributed by atoms with E-state index in [0.29, 0.717) is 31.6 Å². The predicted octanol–water partition coefficient (Wildman–Crippen LogP) is 9.33. The lowest BCUT2D eigenvalue weighted by Gasteiger charge is -2.51. The van der Waals surface area contributed by atoms with Gasteiger partial charge in [0.25, 0.3) is 5.91 Å². The Bertz CT molecular complexity index is 2820. The lowest BCUT2D eigenvalue weighted by Crippen LogP contribution is -2.72. The molecular formula is C44H39ClF5IN6O5S. The molecule has 0 spiro atoms. The minimum Gasteiger partial charge on any atom is -0.385 e. The van der Waals surface area contributed by atoms with E-state index in [1.54, 1.807) is 49.5 Å². The first-order valence-corrected chi connectivity index (χ1v) is 22.8. The van der Waals surface area contributed by atoms with Gasteiger partial charge in [0.05, 0.1) is 47.0 Å². The zero-order valence-corrected chi connectivity index (χ0v) is 37.1. The molecule has 0 aliphatic carbocycles. The average Bonchev–Trinajstić information content (AvgIpc) is 3.67. The van der Waals surface area contributed by atoms with Gasteiger partial charge in [-0.15, -0.1) is 0 Å². The smallest absolute Gasteiger partial charge is 0.256 e. The highest BCUT2D eigenvalue weighted by Crippen LogP contribution is 2.35. The molecule has 2 aliphatic heterocycles. The summed E-state index contributed by atoms with van der Waals surface area (Å²) in [5.41, 5.74) is -1.18. The zero-order chi connectivity index (χ0) is 45.2. The number of carbonyl (C=O) groups is 2. The number of halogens is 7. The van der Waals surface area contributed by atoms with Crippen molar-refractivity contribution in [2.24, 2.45) is 0 Å². The zero-order valence-electron chi connectivity index (χ0n) is 33.3. The number of nitrogens with one attached hydrogen (secondary N) is 4. The summed E-state index contributed by atoms with van der Waals surface area (Å²) in [6, 6.07) is 16.7. The van der Waals surface area contributed by atoms with Crippen LogP contribution in [0.5, 0.6) is 0 Å². The third kappa shape index (κ3) is 9.99. The molecule has 11 nitrogen and oxygen atoms in total. The molecule has 330 valence electrons. The highest BCUT2D eigenvalue weighted by molar-refractivity contribution is 14.1. The average molecular weight is 1020 g/mol. The van der Waals surface area contributed by atoms with Crippen LogP contribution in [0.4, 0.5) is 39.0 Å². The SMILES string of the molecule is CCCS(=O)(=O)Nc1ccc(F)c(C(=O)c2c[nH]c3ncc(-c4ccc(Cl)cc4)cc23)c1F.O=C(c1ccc(F)c(F)c1Nc1ccc(I)cc1F)N1CC(O)([C@@H]2CCCCN2)C1. The molecule has 0 bridgehead atoms. The predicted molar refractivity (Wildman–Crippen MR) is 239 cm³/mol. The highest BCUT2D eigenvalue weighted by atomic mass is 127. The fourth-order valence-electron chi connectivity index (χ4n) is 7.49. The summed E-state index contributed by atoms with van der Waals surface area (Å²) in [5.74, 6) is -7.18. The number of carbonyl (C=O) groups excluding carboxylic acids is 2. The number of fused-ring (bicyclic) bond motifs is 1. The Morgan fingerprint density at radius 3 is 2.30 bits per heavy atom. The monoisotopic (exact) mass is 1020 g/mol. The van der Waals surface area contributed by atoms with Crippen molar-refractivity contribution < 1.29 is 45.1 Å². The fourth-order valence-corrected chi connectivity index (χ4v) is 9.20. The number of benzene rings is 4. The topological polar surface area (TPSA) is 157 Å². The molecule has 5 N–H and O–H groups in total. The van der Waals surface area contributed by atoms with Gasteiger partial charge in [-0.3, -0.25) is 14.3 Å². The van der Waals surface area contributed by atoms with E-state index in [0.717, 1.165) is 49.6 Å². The van der Waals surface area contributed by atoms with E-state index in [9.17, 15) is 40.7 Å². The number of rotatable bonds is 11. The molecule has 63 heavy (non-hydrogen) atoms. The van der Waals surface area contributed by atoms with Crippen LogP contribution < -0.4 is 15.4 Å². The van der Waals surface area contributed by atoms with Gasteiger partial charge in [-0.2, -0.15) is 0 Å². The van der Waals surface area contributed by atoms with Crippen molar-refractivity contribution in [1.29, 1.82) is 0 Å². The first kappa shape index (κ1) is 45.9. The summed E-state index contributed by atoms with van der Waals surface area (Å²) in [7, 11) is -3.84. The number of H-pyrrole nitrogens is 1. The van der Waals surface area contributed by atoms with Gasteiger partial charge in [0, 0.05) is 43.5 Å². The Morgan fingerprint density at radius 2 is 1.62 bits per heavy atom. The number of aromatic amines is 1. The Morgan fingerprint density at radius 1 is 0.905 bits per heavy atom. The van der Waals surface area contributed by atoms with E-state index in [1.807, 2.05) is 22.6 Å². The van der Waals surface area contributed by atoms with Gasteiger partial charge in [-0.25, -0.2) is 35.4 Å². The van der Waals surface area contributed by atoms with E-state index < -0.39 is 73.3 Å². The molecule has 2 aromatic heterocycles. The van der Waals surface area contributed by atoms with Gasteiger partial charge in [0.1, 0.15) is 22.9 Å². The van der Waals surface area contributed by atoms with Crippen LogP contribution in [0.2, 0.25) is 5.02 Å². The second kappa shape index (κ2) is 18.9. The van der Waals surface area contributed by atoms with Crippen molar-refractivity contribution in [1.82, 2.24) is 20.2 Å². The molecule has 0 radical (unpaired) electrons. The van der Waals surface area contributed by atoms with E-state index >= 15 is 4.39 Å². The van der Waals surface area contributed by atoms with Crippen LogP contribution in [0, 0.1) is 32.7 Å². The maximum Gasteiger partial charge on any atom is 0.256 e. The third-order valence-electron chi connectivity index (χ3n) is 10.7. The number of amides is 1. The largest absolute Gasteiger partial charge is 0.385 e. The number of hydrogen-bond acceptors (Lipinski definition) is 8. The van der Waals surface area contributed by atoms with E-state index in [1.165, 1.54) is 29.3 Å². The maximum atomic E-state index is 15.1. The van der Waals surface area contributed by atoms with Crippen molar-refractivity contribution in [2.45, 2.75) is 44.2 Å². The number of ketones is 1. The van der Waals surface area contributed by atoms with E-state index in [2.05, 4.69) is 25.3 Å². The fraction of sp³-hybridized carbons (Fsp3) is 0.250. The molecule has 8 rings (SSSR count). The van der Waals surface area contributed by atoms with Crippen LogP contribution in [0.1, 0.15) is 58.9 Å². The molecule has 2 saturated heterocycles. The second-order valence-electron chi connectivity index (χ2n) is 15.2. The Balaban J connectivity index is 0.000000190. The Labute approximate surface area is 377 Å². The molecule has 0 unspecified atom stereocenters. The minimum atomic E-state index is -3.84. The summed E-state index contributed by atoms with van der Waals surface area (Å²) in [6.45, 7) is 2.66. The molecule has 1 amide bonds. The number of piperidine rings is 1. The summed E-state index contributed by atoms with van der Waals surface area (Å²) >= 11 is 7.87. The van der Waals surface area contributed by atoms with Gasteiger partial charge in [-0.1, -0.05) is 37.1 Å². The van der Waals surface area contributed by atoms with Crippen LogP contribution in [-0.2, 0) is 10.0 Å². The number of anilines is 3. The number of β-amino-alcohol motifs (C(OH)–C–C–N with tert-alkyl or cyclic N) is 1. The van der Waals surface area contributed by atoms with Crippen molar-refractivity contribution in [2.75, 3.05) is 35.4 Å². The Hall–Kier alpha value is -5.15. The molecule has 1 atom stereocenters. The number of aromatic nitrogens is 2. The first-order chi connectivity index (χ1) is 30.0. The van der Waals surface area contributed by atoms with Gasteiger partial charge in [-0.05, 0) is 115 Å². The van der Waals surface area contributed by atoms with Crippen LogP contribution in [0.3, 0.4) is 0 Å². The van der Waals surface area contributed by atoms with Crippen LogP contribution in [0.15, 0.2) is 85.2 Å². The van der Waals surface area contributed by atoms with Gasteiger partial charge < -0.3 is 25.6 Å². The lowest BCUT2D eigenvalue weighted by atomic mass is 9.81. The number of aliphatic hydroxyl groups is 1. The summed E-state index contributed by atoms with van der Waals surface area (Å²) in [6.07, 6.45) is 6.10. The lowest BCUT2D eigenvalue weighted by molar-refractivity contribution is -0.108. The molecule has 4 aromatic carbocycles. The second-order valence-corrected chi connectivity index (χ2v) is 18.7. The van der Waals surface area contributed by atoms with E-state index in [-0.39, 0.29) is 41.7 Å². The number of likely N-dealkylation sites (tertiary alicyclic amines) is 1. The normalized spacial score (nSPS) is 15.9. The Kier molecular flexibility index (Phi) is 13.8. The first-order valence-electron chi connectivity index (χ1n) is 19.7. The minimum absolute atomic E-state index is 0.000297. The molecular weight excluding hydrogens is 982 g/mol. The van der Waals surface area contributed by atoms with Gasteiger partial charge >= 0.3 is 0 Å². The summed E-state index contributed by atoms with van der Waals surface area (Å²) < 4.78 is 99.1. The molecule has 6 aromatic rings. The molecule has 19 heteroatoms. The van der Waals surface area contributed by atoms with Crippen LogP contribution in [0.25, 0.3) is 22.2 Å². The van der Waals surface area contributed by atoms with Crippen molar-refractivity contribution in [3.63, 3.8) is 0 Å². The van der Waals surface area contributed by atoms with Crippen LogP contribution in [-0.4, -0.2) is 77.1 Å². The molecule has 2 fully saturated rings. The quantitative estimate of drug-likeness (QED) is 0.0489. The molecule has 2 aliphatic rings. The molecule has 0 saturated carbocycles. The number of pyridine rings is 1. The standard InChI is InChI=1S/C23H18ClF2N3O3S.C21H21F3IN3O2/c1-2-9-33(31,32)29-19-8-7-18(25)20(21(19)26)22(30)17-12-28-23-16(17)10-14(11-27-23)13-3-5-15(24)6-4-13;22-14-6-5-13(19(18(14)24)27-16-7-4-12(25)9-15(16)23)20(29)28-10-21(30,11-28)17-3-1-2-8-26-17/h3-8,10-12,29H,2,9H2,1H3,(H,27,28);4-7,9,17,26-27,30H,1-3,8,10-11H2/t;17-/m.0/s1. The number of hydrogen-bond donors (Lipinski definition) is 5. The maximum absolute atomic E-state index is 15.1. The summed E-state index contributed by atoms with van der Waals surface area (Å²) in [5, 5.41) is 17.5. The van der Waals surface area contributed by atoms with Crippen LogP contribution >= 0.6 is 34.2 Å². The van der Waals surface area contributed by atoms with Crippen molar-refractivity contribution in [3.05, 3.63) is 140 Å². The van der Waals surface area contributed by atoms with E-state index in [4.69, 9.17) is 11.6 Å². The molecule has 4 heterocycles. The number of nitrogens with zero attached hydrogens (tertiary/aromatic N) is 2. The van der Waals surface area contributed by atoms with Crippen molar-refractivity contribution in [3.8, 4) is 11.1 Å². The summed E-state index contributed by atoms with van der Waals surface area (Å²) in [4.78, 5) is 34.7.